The first-order valence-corrected chi connectivity index (χ1v) is 6.38. The molecule has 1 rings (SSSR count). The molecule has 6 heteroatoms. The summed E-state index contributed by atoms with van der Waals surface area (Å²) in [7, 11) is 1.56. The molecule has 0 aromatic heterocycles. The Morgan fingerprint density at radius 3 is 2.53 bits per heavy atom. The normalized spacial score (nSPS) is 11.5. The van der Waals surface area contributed by atoms with Gasteiger partial charge in [-0.25, -0.2) is 0 Å². The van der Waals surface area contributed by atoms with Crippen molar-refractivity contribution < 1.29 is 14.6 Å². The molecule has 19 heavy (non-hydrogen) atoms. The van der Waals surface area contributed by atoms with Crippen molar-refractivity contribution in [3.63, 3.8) is 0 Å². The molecule has 1 unspecified atom stereocenters. The summed E-state index contributed by atoms with van der Waals surface area (Å²) < 4.78 is 5.01. The Kier molecular flexibility index (Phi) is 6.24. The maximum atomic E-state index is 11.9. The second-order valence-corrected chi connectivity index (χ2v) is 4.35. The quantitative estimate of drug-likeness (QED) is 0.705. The molecule has 0 saturated heterocycles. The van der Waals surface area contributed by atoms with Crippen molar-refractivity contribution in [1.82, 2.24) is 10.6 Å². The van der Waals surface area contributed by atoms with Crippen molar-refractivity contribution in [1.29, 1.82) is 0 Å². The van der Waals surface area contributed by atoms with E-state index >= 15 is 0 Å². The molecule has 1 aromatic rings. The molecule has 0 aliphatic rings. The van der Waals surface area contributed by atoms with Crippen LogP contribution in [-0.2, 0) is 0 Å². The van der Waals surface area contributed by atoms with Gasteiger partial charge in [0.1, 0.15) is 5.75 Å². The fourth-order valence-corrected chi connectivity index (χ4v) is 1.68. The largest absolute Gasteiger partial charge is 0.497 e. The lowest BCUT2D eigenvalue weighted by molar-refractivity contribution is 0.0976. The monoisotopic (exact) mass is 282 g/mol. The number of hydrogen-bond donors (Lipinski definition) is 3. The summed E-state index contributed by atoms with van der Waals surface area (Å²) in [4.78, 5) is 11.9. The van der Waals surface area contributed by atoms with Gasteiger partial charge < -0.3 is 15.2 Å². The smallest absolute Gasteiger partial charge is 0.257 e. The zero-order valence-corrected chi connectivity index (χ0v) is 11.8. The van der Waals surface area contributed by atoms with E-state index in [4.69, 9.17) is 22.1 Å². The average Bonchev–Trinajstić information content (AvgIpc) is 2.44. The molecule has 0 spiro atoms. The highest BCUT2D eigenvalue weighted by Crippen LogP contribution is 2.10. The summed E-state index contributed by atoms with van der Waals surface area (Å²) in [5, 5.41) is 14.7. The minimum atomic E-state index is -0.298. The maximum Gasteiger partial charge on any atom is 0.257 e. The zero-order chi connectivity index (χ0) is 14.3. The van der Waals surface area contributed by atoms with Crippen LogP contribution in [-0.4, -0.2) is 35.9 Å². The molecule has 3 N–H and O–H groups in total. The van der Waals surface area contributed by atoms with Crippen LogP contribution in [0.1, 0.15) is 23.7 Å². The molecule has 0 radical (unpaired) electrons. The molecular weight excluding hydrogens is 264 g/mol. The molecular formula is C13H18N2O3S. The number of hydrogen-bond acceptors (Lipinski definition) is 4. The van der Waals surface area contributed by atoms with E-state index in [2.05, 4.69) is 10.6 Å². The number of rotatable bonds is 5. The molecule has 0 saturated carbocycles. The minimum absolute atomic E-state index is 0.0327. The van der Waals surface area contributed by atoms with Crippen LogP contribution in [0.2, 0.25) is 0 Å². The van der Waals surface area contributed by atoms with Crippen molar-refractivity contribution >= 4 is 23.2 Å². The van der Waals surface area contributed by atoms with Gasteiger partial charge in [0, 0.05) is 5.56 Å². The van der Waals surface area contributed by atoms with Crippen LogP contribution in [0.5, 0.6) is 5.75 Å². The van der Waals surface area contributed by atoms with Gasteiger partial charge in [-0.1, -0.05) is 6.92 Å². The lowest BCUT2D eigenvalue weighted by Gasteiger charge is -2.16. The van der Waals surface area contributed by atoms with Gasteiger partial charge in [0.25, 0.3) is 5.91 Å². The number of carbonyl (C=O) groups is 1. The molecule has 1 amide bonds. The number of ether oxygens (including phenoxy) is 1. The van der Waals surface area contributed by atoms with E-state index in [0.29, 0.717) is 11.3 Å². The molecule has 0 heterocycles. The molecule has 5 nitrogen and oxygen atoms in total. The number of aliphatic hydroxyl groups is 1. The minimum Gasteiger partial charge on any atom is -0.497 e. The third-order valence-electron chi connectivity index (χ3n) is 2.63. The Bertz CT molecular complexity index is 430. The van der Waals surface area contributed by atoms with Crippen LogP contribution >= 0.6 is 12.2 Å². The van der Waals surface area contributed by atoms with Crippen LogP contribution < -0.4 is 15.4 Å². The average molecular weight is 282 g/mol. The van der Waals surface area contributed by atoms with E-state index in [0.717, 1.165) is 6.42 Å². The van der Waals surface area contributed by atoms with Crippen molar-refractivity contribution in [3.05, 3.63) is 29.8 Å². The summed E-state index contributed by atoms with van der Waals surface area (Å²) in [6.07, 6.45) is 0.717. The number of nitrogens with one attached hydrogen (secondary N) is 2. The fraction of sp³-hybridized carbons (Fsp3) is 0.385. The Hall–Kier alpha value is -1.66. The third kappa shape index (κ3) is 4.84. The van der Waals surface area contributed by atoms with Crippen molar-refractivity contribution in [3.8, 4) is 5.75 Å². The number of aliphatic hydroxyl groups excluding tert-OH is 1. The van der Waals surface area contributed by atoms with Gasteiger partial charge in [-0.15, -0.1) is 0 Å². The summed E-state index contributed by atoms with van der Waals surface area (Å²) in [5.41, 5.74) is 0.488. The molecule has 1 atom stereocenters. The highest BCUT2D eigenvalue weighted by molar-refractivity contribution is 7.80. The highest BCUT2D eigenvalue weighted by atomic mass is 32.1. The second-order valence-electron chi connectivity index (χ2n) is 3.94. The summed E-state index contributed by atoms with van der Waals surface area (Å²) >= 11 is 5.01. The first kappa shape index (κ1) is 15.4. The van der Waals surface area contributed by atoms with Gasteiger partial charge in [-0.3, -0.25) is 10.1 Å². The van der Waals surface area contributed by atoms with Gasteiger partial charge in [0.05, 0.1) is 19.8 Å². The van der Waals surface area contributed by atoms with Crippen LogP contribution in [0.15, 0.2) is 24.3 Å². The Morgan fingerprint density at radius 1 is 1.42 bits per heavy atom. The van der Waals surface area contributed by atoms with Crippen LogP contribution in [0.25, 0.3) is 0 Å². The highest BCUT2D eigenvalue weighted by Gasteiger charge is 2.10. The molecule has 0 aliphatic carbocycles. The summed E-state index contributed by atoms with van der Waals surface area (Å²) in [5.74, 6) is 0.386. The Balaban J connectivity index is 2.56. The van der Waals surface area contributed by atoms with Gasteiger partial charge in [-0.2, -0.15) is 0 Å². The van der Waals surface area contributed by atoms with Crippen molar-refractivity contribution in [2.24, 2.45) is 0 Å². The van der Waals surface area contributed by atoms with Gasteiger partial charge >= 0.3 is 0 Å². The Morgan fingerprint density at radius 2 is 2.05 bits per heavy atom. The van der Waals surface area contributed by atoms with E-state index in [9.17, 15) is 4.79 Å². The first-order chi connectivity index (χ1) is 9.10. The molecule has 0 fully saturated rings. The predicted molar refractivity (Wildman–Crippen MR) is 77.4 cm³/mol. The lowest BCUT2D eigenvalue weighted by Crippen LogP contribution is -2.45. The van der Waals surface area contributed by atoms with Crippen LogP contribution in [0, 0.1) is 0 Å². The summed E-state index contributed by atoms with van der Waals surface area (Å²) in [6, 6.07) is 6.56. The number of thiocarbonyl (C=S) groups is 1. The lowest BCUT2D eigenvalue weighted by atomic mass is 10.2. The van der Waals surface area contributed by atoms with Gasteiger partial charge in [0.15, 0.2) is 5.11 Å². The SMILES string of the molecule is CCC(CO)NC(=S)NC(=O)c1ccc(OC)cc1. The number of amides is 1. The topological polar surface area (TPSA) is 70.6 Å². The zero-order valence-electron chi connectivity index (χ0n) is 11.0. The number of benzene rings is 1. The van der Waals surface area contributed by atoms with Crippen LogP contribution in [0.4, 0.5) is 0 Å². The standard InChI is InChI=1S/C13H18N2O3S/c1-3-10(8-16)14-13(19)15-12(17)9-4-6-11(18-2)7-5-9/h4-7,10,16H,3,8H2,1-2H3,(H2,14,15,17,19). The molecule has 0 aliphatic heterocycles. The predicted octanol–water partition coefficient (Wildman–Crippen LogP) is 1.07. The maximum absolute atomic E-state index is 11.9. The third-order valence-corrected chi connectivity index (χ3v) is 2.85. The van der Waals surface area contributed by atoms with E-state index in [1.54, 1.807) is 31.4 Å². The molecule has 0 bridgehead atoms. The van der Waals surface area contributed by atoms with Gasteiger partial charge in [-0.05, 0) is 42.9 Å². The first-order valence-electron chi connectivity index (χ1n) is 5.97. The van der Waals surface area contributed by atoms with E-state index < -0.39 is 0 Å². The number of methoxy groups -OCH3 is 1. The molecule has 104 valence electrons. The Labute approximate surface area is 118 Å². The van der Waals surface area contributed by atoms with E-state index in [1.165, 1.54) is 0 Å². The fourth-order valence-electron chi connectivity index (χ4n) is 1.42. The number of carbonyl (C=O) groups excluding carboxylic acids is 1. The molecule has 1 aromatic carbocycles. The van der Waals surface area contributed by atoms with Crippen LogP contribution in [0.3, 0.4) is 0 Å². The van der Waals surface area contributed by atoms with E-state index in [1.807, 2.05) is 6.92 Å². The second kappa shape index (κ2) is 7.70. The van der Waals surface area contributed by atoms with Crippen molar-refractivity contribution in [2.45, 2.75) is 19.4 Å². The van der Waals surface area contributed by atoms with Gasteiger partial charge in [0.2, 0.25) is 0 Å². The van der Waals surface area contributed by atoms with E-state index in [-0.39, 0.29) is 23.7 Å². The summed E-state index contributed by atoms with van der Waals surface area (Å²) in [6.45, 7) is 1.89. The van der Waals surface area contributed by atoms with Crippen molar-refractivity contribution in [2.75, 3.05) is 13.7 Å².